The zero-order valence-electron chi connectivity index (χ0n) is 18.3. The van der Waals surface area contributed by atoms with Gasteiger partial charge in [0.05, 0.1) is 0 Å². The summed E-state index contributed by atoms with van der Waals surface area (Å²) in [4.78, 5) is 50.1. The minimum absolute atomic E-state index is 0.163. The van der Waals surface area contributed by atoms with E-state index in [1.807, 2.05) is 0 Å². The maximum atomic E-state index is 11.9. The molecule has 0 spiro atoms. The van der Waals surface area contributed by atoms with Gasteiger partial charge in [0.15, 0.2) is 0 Å². The summed E-state index contributed by atoms with van der Waals surface area (Å²) in [5.41, 5.74) is 10.8. The van der Waals surface area contributed by atoms with Crippen molar-refractivity contribution < 1.29 is 19.2 Å². The van der Waals surface area contributed by atoms with Crippen molar-refractivity contribution in [3.05, 3.63) is 0 Å². The van der Waals surface area contributed by atoms with E-state index in [1.165, 1.54) is 9.80 Å². The summed E-state index contributed by atoms with van der Waals surface area (Å²) in [6.07, 6.45) is 7.83. The zero-order chi connectivity index (χ0) is 23.7. The quantitative estimate of drug-likeness (QED) is 0.132. The van der Waals surface area contributed by atoms with Gasteiger partial charge in [-0.1, -0.05) is 38.5 Å². The molecule has 0 radical (unpaired) electrons. The van der Waals surface area contributed by atoms with Crippen LogP contribution in [0.3, 0.4) is 0 Å². The number of nitrogens with one attached hydrogen (secondary N) is 4. The Hall–Kier alpha value is -3.18. The van der Waals surface area contributed by atoms with Crippen molar-refractivity contribution in [1.82, 2.24) is 20.4 Å². The van der Waals surface area contributed by atoms with Gasteiger partial charge in [-0.15, -0.1) is 0 Å². The van der Waals surface area contributed by atoms with Crippen LogP contribution in [0.2, 0.25) is 0 Å². The van der Waals surface area contributed by atoms with Crippen molar-refractivity contribution >= 4 is 35.5 Å². The van der Waals surface area contributed by atoms with Gasteiger partial charge in [0.25, 0.3) is 0 Å². The number of hydrogen-bond donors (Lipinski definition) is 6. The third kappa shape index (κ3) is 7.20. The number of carbonyl (C=O) groups is 4. The predicted molar refractivity (Wildman–Crippen MR) is 118 cm³/mol. The maximum Gasteiger partial charge on any atom is 0.324 e. The normalized spacial score (nSPS) is 21.4. The van der Waals surface area contributed by atoms with E-state index in [0.717, 1.165) is 51.4 Å². The van der Waals surface area contributed by atoms with Crippen LogP contribution in [0.5, 0.6) is 0 Å². The largest absolute Gasteiger partial charge is 0.387 e. The molecule has 0 unspecified atom stereocenters. The Morgan fingerprint density at radius 2 is 1.00 bits per heavy atom. The highest BCUT2D eigenvalue weighted by molar-refractivity contribution is 6.09. The standard InChI is InChI=1S/C20H34N8O4/c21-15(22)13-11-27(19(31)25-17(13)29)9-7-5-3-1-2-4-6-8-10-28-12-14(16(23)24)18(30)26-20(28)32/h13-14H,1-12H2,(H3,21,22)(H3,23,24)(H,25,29,31)(H,26,30,32)/t13-,14-/m1/s1. The van der Waals surface area contributed by atoms with Gasteiger partial charge in [0, 0.05) is 26.2 Å². The van der Waals surface area contributed by atoms with Crippen molar-refractivity contribution in [2.45, 2.75) is 51.4 Å². The van der Waals surface area contributed by atoms with Gasteiger partial charge < -0.3 is 21.3 Å². The van der Waals surface area contributed by atoms with Crippen LogP contribution in [0.25, 0.3) is 0 Å². The molecule has 2 heterocycles. The lowest BCUT2D eigenvalue weighted by atomic mass is 10.0. The van der Waals surface area contributed by atoms with Gasteiger partial charge in [-0.05, 0) is 12.8 Å². The lowest BCUT2D eigenvalue weighted by molar-refractivity contribution is -0.124. The number of carbonyl (C=O) groups excluding carboxylic acids is 4. The van der Waals surface area contributed by atoms with E-state index >= 15 is 0 Å². The molecule has 178 valence electrons. The van der Waals surface area contributed by atoms with E-state index in [2.05, 4.69) is 10.6 Å². The van der Waals surface area contributed by atoms with Crippen LogP contribution >= 0.6 is 0 Å². The van der Waals surface area contributed by atoms with Crippen LogP contribution in [-0.4, -0.2) is 71.5 Å². The number of imide groups is 2. The van der Waals surface area contributed by atoms with Gasteiger partial charge in [-0.3, -0.25) is 31.0 Å². The first-order chi connectivity index (χ1) is 15.2. The highest BCUT2D eigenvalue weighted by Crippen LogP contribution is 2.14. The average molecular weight is 451 g/mol. The van der Waals surface area contributed by atoms with Crippen molar-refractivity contribution in [3.8, 4) is 0 Å². The van der Waals surface area contributed by atoms with Gasteiger partial charge in [-0.2, -0.15) is 0 Å². The Morgan fingerprint density at radius 3 is 1.31 bits per heavy atom. The van der Waals surface area contributed by atoms with E-state index in [0.29, 0.717) is 13.1 Å². The van der Waals surface area contributed by atoms with Crippen LogP contribution in [0.4, 0.5) is 9.59 Å². The topological polar surface area (TPSA) is 199 Å². The lowest BCUT2D eigenvalue weighted by Gasteiger charge is -2.31. The molecule has 8 N–H and O–H groups in total. The first-order valence-corrected chi connectivity index (χ1v) is 11.1. The number of nitrogens with zero attached hydrogens (tertiary/aromatic N) is 2. The molecule has 0 bridgehead atoms. The van der Waals surface area contributed by atoms with Crippen molar-refractivity contribution in [1.29, 1.82) is 10.8 Å². The van der Waals surface area contributed by atoms with Crippen molar-refractivity contribution in [2.75, 3.05) is 26.2 Å². The SMILES string of the molecule is N=C(N)[C@H]1CN(CCCCCCCCCCN2C[C@H](C(=N)N)C(=O)NC2=O)C(=O)NC1=O. The number of nitrogens with two attached hydrogens (primary N) is 2. The molecule has 0 aliphatic carbocycles. The van der Waals surface area contributed by atoms with Crippen molar-refractivity contribution in [3.63, 3.8) is 0 Å². The number of hydrogen-bond acceptors (Lipinski definition) is 6. The molecule has 0 saturated carbocycles. The summed E-state index contributed by atoms with van der Waals surface area (Å²) in [5, 5.41) is 19.4. The molecule has 2 saturated heterocycles. The van der Waals surface area contributed by atoms with Crippen LogP contribution < -0.4 is 22.1 Å². The fourth-order valence-electron chi connectivity index (χ4n) is 3.85. The maximum absolute atomic E-state index is 11.9. The number of unbranched alkanes of at least 4 members (excludes halogenated alkanes) is 7. The molecule has 0 aromatic carbocycles. The molecule has 12 nitrogen and oxygen atoms in total. The van der Waals surface area contributed by atoms with Crippen LogP contribution in [0.15, 0.2) is 0 Å². The smallest absolute Gasteiger partial charge is 0.324 e. The van der Waals surface area contributed by atoms with E-state index in [9.17, 15) is 19.2 Å². The number of amidine groups is 2. The van der Waals surface area contributed by atoms with Crippen LogP contribution in [0, 0.1) is 22.7 Å². The highest BCUT2D eigenvalue weighted by atomic mass is 16.2. The Balaban J connectivity index is 1.50. The first kappa shape index (κ1) is 25.1. The number of rotatable bonds is 13. The minimum Gasteiger partial charge on any atom is -0.387 e. The Kier molecular flexibility index (Phi) is 9.41. The van der Waals surface area contributed by atoms with Gasteiger partial charge >= 0.3 is 12.1 Å². The summed E-state index contributed by atoms with van der Waals surface area (Å²) in [6.45, 7) is 1.39. The Morgan fingerprint density at radius 1 is 0.688 bits per heavy atom. The average Bonchev–Trinajstić information content (AvgIpc) is 2.71. The molecule has 2 aliphatic heterocycles. The summed E-state index contributed by atoms with van der Waals surface area (Å²) < 4.78 is 0. The lowest BCUT2D eigenvalue weighted by Crippen LogP contribution is -2.57. The molecule has 32 heavy (non-hydrogen) atoms. The molecule has 0 aromatic heterocycles. The third-order valence-electron chi connectivity index (χ3n) is 5.83. The zero-order valence-corrected chi connectivity index (χ0v) is 18.3. The fraction of sp³-hybridized carbons (Fsp3) is 0.700. The molecule has 12 heteroatoms. The van der Waals surface area contributed by atoms with Crippen molar-refractivity contribution in [2.24, 2.45) is 23.3 Å². The molecule has 0 aromatic rings. The van der Waals surface area contributed by atoms with E-state index < -0.39 is 35.7 Å². The first-order valence-electron chi connectivity index (χ1n) is 11.1. The van der Waals surface area contributed by atoms with Gasteiger partial charge in [-0.25, -0.2) is 9.59 Å². The summed E-state index contributed by atoms with van der Waals surface area (Å²) in [7, 11) is 0. The summed E-state index contributed by atoms with van der Waals surface area (Å²) in [6, 6.07) is -0.845. The molecule has 2 fully saturated rings. The minimum atomic E-state index is -0.766. The monoisotopic (exact) mass is 450 g/mol. The van der Waals surface area contributed by atoms with E-state index in [4.69, 9.17) is 22.3 Å². The Bertz CT molecular complexity index is 694. The van der Waals surface area contributed by atoms with Gasteiger partial charge in [0.2, 0.25) is 11.8 Å². The second kappa shape index (κ2) is 12.0. The van der Waals surface area contributed by atoms with Crippen LogP contribution in [-0.2, 0) is 9.59 Å². The second-order valence-corrected chi connectivity index (χ2v) is 8.33. The predicted octanol–water partition coefficient (Wildman–Crippen LogP) is 0.315. The second-order valence-electron chi connectivity index (χ2n) is 8.33. The van der Waals surface area contributed by atoms with Gasteiger partial charge in [0.1, 0.15) is 23.5 Å². The van der Waals surface area contributed by atoms with E-state index in [1.54, 1.807) is 0 Å². The third-order valence-corrected chi connectivity index (χ3v) is 5.83. The highest BCUT2D eigenvalue weighted by Gasteiger charge is 2.34. The molecular weight excluding hydrogens is 416 g/mol. The van der Waals surface area contributed by atoms with Crippen LogP contribution in [0.1, 0.15) is 51.4 Å². The fourth-order valence-corrected chi connectivity index (χ4v) is 3.85. The number of amides is 6. The number of urea groups is 2. The molecule has 6 amide bonds. The van der Waals surface area contributed by atoms with E-state index in [-0.39, 0.29) is 24.8 Å². The summed E-state index contributed by atoms with van der Waals surface area (Å²) in [5.74, 6) is -3.00. The summed E-state index contributed by atoms with van der Waals surface area (Å²) >= 11 is 0. The molecular formula is C20H34N8O4. The molecule has 2 aliphatic rings. The molecule has 2 atom stereocenters. The Labute approximate surface area is 187 Å². The molecule has 2 rings (SSSR count).